The van der Waals surface area contributed by atoms with E-state index < -0.39 is 11.8 Å². The molecule has 94 valence electrons. The maximum Gasteiger partial charge on any atom is 0.313 e. The van der Waals surface area contributed by atoms with Crippen LogP contribution in [0.3, 0.4) is 0 Å². The normalized spacial score (nSPS) is 10.6. The number of carbonyl (C=O) groups is 1. The van der Waals surface area contributed by atoms with Gasteiger partial charge in [-0.2, -0.15) is 0 Å². The van der Waals surface area contributed by atoms with Gasteiger partial charge in [0.1, 0.15) is 11.5 Å². The van der Waals surface area contributed by atoms with Gasteiger partial charge in [0.2, 0.25) is 0 Å². The van der Waals surface area contributed by atoms with Crippen molar-refractivity contribution >= 4 is 17.7 Å². The fraction of sp³-hybridized carbons (Fsp3) is 0.182. The van der Waals surface area contributed by atoms with Crippen molar-refractivity contribution in [3.63, 3.8) is 0 Å². The van der Waals surface area contributed by atoms with Crippen LogP contribution in [0.15, 0.2) is 23.5 Å². The van der Waals surface area contributed by atoms with E-state index in [4.69, 9.17) is 5.11 Å². The molecule has 7 heteroatoms. The SMILES string of the molecule is Cc1[nH]c(SCC(=O)O)nc1-c1ccc(F)cn1. The van der Waals surface area contributed by atoms with E-state index >= 15 is 0 Å². The van der Waals surface area contributed by atoms with Gasteiger partial charge >= 0.3 is 5.97 Å². The van der Waals surface area contributed by atoms with Crippen LogP contribution in [0.5, 0.6) is 0 Å². The lowest BCUT2D eigenvalue weighted by Gasteiger charge is -1.96. The Kier molecular flexibility index (Phi) is 3.61. The van der Waals surface area contributed by atoms with E-state index in [1.54, 1.807) is 6.92 Å². The highest BCUT2D eigenvalue weighted by Crippen LogP contribution is 2.23. The first-order valence-electron chi connectivity index (χ1n) is 5.09. The van der Waals surface area contributed by atoms with Crippen molar-refractivity contribution in [3.05, 3.63) is 29.8 Å². The fourth-order valence-electron chi connectivity index (χ4n) is 1.40. The van der Waals surface area contributed by atoms with E-state index in [2.05, 4.69) is 15.0 Å². The van der Waals surface area contributed by atoms with Gasteiger partial charge in [-0.1, -0.05) is 11.8 Å². The summed E-state index contributed by atoms with van der Waals surface area (Å²) in [4.78, 5) is 21.6. The number of aromatic amines is 1. The third-order valence-corrected chi connectivity index (χ3v) is 3.02. The predicted molar refractivity (Wildman–Crippen MR) is 64.9 cm³/mol. The third kappa shape index (κ3) is 2.86. The summed E-state index contributed by atoms with van der Waals surface area (Å²) in [6.07, 6.45) is 1.12. The Morgan fingerprint density at radius 3 is 2.94 bits per heavy atom. The number of hydrogen-bond acceptors (Lipinski definition) is 4. The maximum atomic E-state index is 12.8. The molecular formula is C11H10FN3O2S. The number of halogens is 1. The summed E-state index contributed by atoms with van der Waals surface area (Å²) in [5.74, 6) is -1.38. The molecule has 0 aromatic carbocycles. The van der Waals surface area contributed by atoms with E-state index in [-0.39, 0.29) is 5.75 Å². The molecule has 0 saturated heterocycles. The number of nitrogens with zero attached hydrogens (tertiary/aromatic N) is 2. The number of rotatable bonds is 4. The first-order chi connectivity index (χ1) is 8.56. The van der Waals surface area contributed by atoms with Gasteiger partial charge in [-0.3, -0.25) is 9.78 Å². The molecule has 0 aliphatic carbocycles. The second-order valence-electron chi connectivity index (χ2n) is 3.56. The van der Waals surface area contributed by atoms with Gasteiger partial charge in [0.15, 0.2) is 5.16 Å². The van der Waals surface area contributed by atoms with Gasteiger partial charge < -0.3 is 10.1 Å². The first kappa shape index (κ1) is 12.6. The van der Waals surface area contributed by atoms with Crippen molar-refractivity contribution in [2.75, 3.05) is 5.75 Å². The second kappa shape index (κ2) is 5.18. The zero-order chi connectivity index (χ0) is 13.1. The van der Waals surface area contributed by atoms with Gasteiger partial charge in [-0.25, -0.2) is 9.37 Å². The summed E-state index contributed by atoms with van der Waals surface area (Å²) in [6, 6.07) is 2.84. The monoisotopic (exact) mass is 267 g/mol. The molecule has 0 atom stereocenters. The molecular weight excluding hydrogens is 257 g/mol. The molecule has 0 fully saturated rings. The lowest BCUT2D eigenvalue weighted by atomic mass is 10.2. The van der Waals surface area contributed by atoms with Crippen LogP contribution in [0.2, 0.25) is 0 Å². The lowest BCUT2D eigenvalue weighted by Crippen LogP contribution is -1.97. The smallest absolute Gasteiger partial charge is 0.313 e. The van der Waals surface area contributed by atoms with Crippen LogP contribution >= 0.6 is 11.8 Å². The van der Waals surface area contributed by atoms with Crippen molar-refractivity contribution in [1.82, 2.24) is 15.0 Å². The summed E-state index contributed by atoms with van der Waals surface area (Å²) in [5.41, 5.74) is 1.91. The van der Waals surface area contributed by atoms with E-state index in [0.717, 1.165) is 23.7 Å². The zero-order valence-electron chi connectivity index (χ0n) is 9.48. The van der Waals surface area contributed by atoms with Gasteiger partial charge in [0, 0.05) is 5.69 Å². The zero-order valence-corrected chi connectivity index (χ0v) is 10.3. The molecule has 0 bridgehead atoms. The quantitative estimate of drug-likeness (QED) is 0.829. The Morgan fingerprint density at radius 1 is 1.56 bits per heavy atom. The molecule has 0 spiro atoms. The number of pyridine rings is 1. The lowest BCUT2D eigenvalue weighted by molar-refractivity contribution is -0.133. The molecule has 0 saturated carbocycles. The Bertz CT molecular complexity index is 568. The van der Waals surface area contributed by atoms with Gasteiger partial charge in [0.05, 0.1) is 17.6 Å². The molecule has 18 heavy (non-hydrogen) atoms. The standard InChI is InChI=1S/C11H10FN3O2S/c1-6-10(8-3-2-7(12)4-13-8)15-11(14-6)18-5-9(16)17/h2-4H,5H2,1H3,(H,14,15)(H,16,17). The molecule has 0 aliphatic heterocycles. The second-order valence-corrected chi connectivity index (χ2v) is 4.52. The first-order valence-corrected chi connectivity index (χ1v) is 6.08. The average Bonchev–Trinajstić information content (AvgIpc) is 2.69. The molecule has 0 radical (unpaired) electrons. The number of nitrogens with one attached hydrogen (secondary N) is 1. The largest absolute Gasteiger partial charge is 0.481 e. The third-order valence-electron chi connectivity index (χ3n) is 2.17. The maximum absolute atomic E-state index is 12.8. The summed E-state index contributed by atoms with van der Waals surface area (Å²) in [5, 5.41) is 9.09. The van der Waals surface area contributed by atoms with Crippen LogP contribution in [0.25, 0.3) is 11.4 Å². The number of carboxylic acids is 1. The Balaban J connectivity index is 2.23. The highest BCUT2D eigenvalue weighted by atomic mass is 32.2. The van der Waals surface area contributed by atoms with Crippen LogP contribution in [-0.4, -0.2) is 31.8 Å². The highest BCUT2D eigenvalue weighted by Gasteiger charge is 2.11. The predicted octanol–water partition coefficient (Wildman–Crippen LogP) is 2.10. The Hall–Kier alpha value is -1.89. The van der Waals surface area contributed by atoms with E-state index in [1.165, 1.54) is 12.1 Å². The van der Waals surface area contributed by atoms with Crippen molar-refractivity contribution in [2.24, 2.45) is 0 Å². The van der Waals surface area contributed by atoms with Crippen LogP contribution in [0.4, 0.5) is 4.39 Å². The van der Waals surface area contributed by atoms with Crippen LogP contribution in [0, 0.1) is 12.7 Å². The number of aliphatic carboxylic acids is 1. The van der Waals surface area contributed by atoms with Gasteiger partial charge in [-0.05, 0) is 19.1 Å². The molecule has 2 aromatic rings. The van der Waals surface area contributed by atoms with Crippen LogP contribution < -0.4 is 0 Å². The number of hydrogen-bond donors (Lipinski definition) is 2. The molecule has 5 nitrogen and oxygen atoms in total. The van der Waals surface area contributed by atoms with Crippen molar-refractivity contribution in [2.45, 2.75) is 12.1 Å². The summed E-state index contributed by atoms with van der Waals surface area (Å²) in [7, 11) is 0. The number of carboxylic acid groups (broad SMARTS) is 1. The Morgan fingerprint density at radius 2 is 2.33 bits per heavy atom. The minimum Gasteiger partial charge on any atom is -0.481 e. The molecule has 2 aromatic heterocycles. The molecule has 2 heterocycles. The summed E-state index contributed by atoms with van der Waals surface area (Å²) >= 11 is 1.09. The van der Waals surface area contributed by atoms with Crippen molar-refractivity contribution < 1.29 is 14.3 Å². The van der Waals surface area contributed by atoms with Gasteiger partial charge in [-0.15, -0.1) is 0 Å². The van der Waals surface area contributed by atoms with Crippen molar-refractivity contribution in [3.8, 4) is 11.4 Å². The molecule has 2 rings (SSSR count). The number of thioether (sulfide) groups is 1. The van der Waals surface area contributed by atoms with Crippen molar-refractivity contribution in [1.29, 1.82) is 0 Å². The Labute approximate surface area is 106 Å². The topological polar surface area (TPSA) is 78.9 Å². The number of imidazole rings is 1. The molecule has 2 N–H and O–H groups in total. The minimum absolute atomic E-state index is 0.0662. The fourth-order valence-corrected chi connectivity index (χ4v) is 2.04. The summed E-state index contributed by atoms with van der Waals surface area (Å²) < 4.78 is 12.8. The van der Waals surface area contributed by atoms with E-state index in [9.17, 15) is 9.18 Å². The molecule has 0 unspecified atom stereocenters. The minimum atomic E-state index is -0.907. The number of H-pyrrole nitrogens is 1. The van der Waals surface area contributed by atoms with E-state index in [1.807, 2.05) is 0 Å². The number of aryl methyl sites for hydroxylation is 1. The molecule has 0 aliphatic rings. The molecule has 0 amide bonds. The summed E-state index contributed by atoms with van der Waals surface area (Å²) in [6.45, 7) is 1.80. The van der Waals surface area contributed by atoms with E-state index in [0.29, 0.717) is 16.5 Å². The number of aromatic nitrogens is 3. The highest BCUT2D eigenvalue weighted by molar-refractivity contribution is 7.99. The van der Waals surface area contributed by atoms with Gasteiger partial charge in [0.25, 0.3) is 0 Å². The average molecular weight is 267 g/mol. The van der Waals surface area contributed by atoms with Crippen LogP contribution in [0.1, 0.15) is 5.69 Å². The van der Waals surface area contributed by atoms with Crippen LogP contribution in [-0.2, 0) is 4.79 Å².